The van der Waals surface area contributed by atoms with Gasteiger partial charge in [0.05, 0.1) is 13.1 Å². The van der Waals surface area contributed by atoms with Crippen molar-refractivity contribution in [3.8, 4) is 0 Å². The molecule has 0 radical (unpaired) electrons. The maximum absolute atomic E-state index is 12.2. The summed E-state index contributed by atoms with van der Waals surface area (Å²) in [6, 6.07) is 0. The summed E-state index contributed by atoms with van der Waals surface area (Å²) in [6.45, 7) is 21.1. The van der Waals surface area contributed by atoms with E-state index in [-0.39, 0.29) is 18.5 Å². The van der Waals surface area contributed by atoms with Crippen LogP contribution in [0.4, 0.5) is 4.79 Å². The average Bonchev–Trinajstić information content (AvgIpc) is 2.66. The molecule has 0 bridgehead atoms. The van der Waals surface area contributed by atoms with Crippen LogP contribution in [0.5, 0.6) is 0 Å². The molecule has 35 heavy (non-hydrogen) atoms. The number of amides is 1. The zero-order valence-corrected chi connectivity index (χ0v) is 25.0. The van der Waals surface area contributed by atoms with E-state index in [0.717, 1.165) is 26.2 Å². The molecule has 1 atom stereocenters. The number of ether oxygens (including phenoxy) is 2. The molecule has 1 unspecified atom stereocenters. The minimum absolute atomic E-state index is 0.150. The van der Waals surface area contributed by atoms with Gasteiger partial charge < -0.3 is 29.7 Å². The molecule has 10 heteroatoms. The molecule has 0 aromatic rings. The highest BCUT2D eigenvalue weighted by Crippen LogP contribution is 2.18. The van der Waals surface area contributed by atoms with Gasteiger partial charge in [-0.3, -0.25) is 4.79 Å². The van der Waals surface area contributed by atoms with Crippen molar-refractivity contribution in [2.75, 3.05) is 51.6 Å². The highest BCUT2D eigenvalue weighted by atomic mass is 79.9. The van der Waals surface area contributed by atoms with E-state index in [1.807, 2.05) is 47.4 Å². The van der Waals surface area contributed by atoms with E-state index in [9.17, 15) is 9.59 Å². The Morgan fingerprint density at radius 3 is 1.74 bits per heavy atom. The molecule has 208 valence electrons. The molecule has 9 nitrogen and oxygen atoms in total. The van der Waals surface area contributed by atoms with Crippen molar-refractivity contribution in [3.05, 3.63) is 0 Å². The fraction of sp³-hybridized carbons (Fsp3) is 0.880. The second-order valence-electron chi connectivity index (χ2n) is 10.8. The Morgan fingerprint density at radius 1 is 0.971 bits per heavy atom. The Balaban J connectivity index is 0. The van der Waals surface area contributed by atoms with Crippen LogP contribution in [-0.4, -0.2) is 91.4 Å². The number of nitrogens with zero attached hydrogens (tertiary/aromatic N) is 1. The standard InChI is InChI=1S/C19H35N3O4.C4H10.CH3Br.CH2O2/c1-18(2,3)25-16(23)13-21(9-14-7-20-8-14)10-15-11-22(12-15)17(24)26-19(4,5)6;1-3-4-2;1-2;2-1-3/h14-15,20H,7-13H2,1-6H3;3-4H2,1-2H3;1H3;1H,(H,2,3)/p+1. The number of carbonyl (C=O) groups excluding carboxylic acids is 2. The number of esters is 1. The van der Waals surface area contributed by atoms with Crippen molar-refractivity contribution in [2.45, 2.75) is 79.4 Å². The lowest BCUT2D eigenvalue weighted by Gasteiger charge is -2.41. The lowest BCUT2D eigenvalue weighted by Crippen LogP contribution is -3.15. The fourth-order valence-electron chi connectivity index (χ4n) is 3.29. The van der Waals surface area contributed by atoms with Gasteiger partial charge in [0.2, 0.25) is 0 Å². The molecule has 2 saturated heterocycles. The largest absolute Gasteiger partial charge is 0.483 e. The van der Waals surface area contributed by atoms with Crippen LogP contribution in [0, 0.1) is 11.8 Å². The van der Waals surface area contributed by atoms with Gasteiger partial charge in [-0.1, -0.05) is 42.6 Å². The number of nitrogens with one attached hydrogen (secondary N) is 2. The Labute approximate surface area is 221 Å². The summed E-state index contributed by atoms with van der Waals surface area (Å²) in [6.07, 6.45) is 2.39. The molecule has 3 N–H and O–H groups in total. The van der Waals surface area contributed by atoms with E-state index in [4.69, 9.17) is 19.4 Å². The highest BCUT2D eigenvalue weighted by molar-refractivity contribution is 9.08. The van der Waals surface area contributed by atoms with Crippen LogP contribution in [0.1, 0.15) is 68.2 Å². The smallest absolute Gasteiger partial charge is 0.410 e. The van der Waals surface area contributed by atoms with Crippen LogP contribution >= 0.6 is 15.9 Å². The van der Waals surface area contributed by atoms with E-state index >= 15 is 0 Å². The minimum atomic E-state index is -0.465. The summed E-state index contributed by atoms with van der Waals surface area (Å²) in [5, 5.41) is 10.2. The molecule has 0 spiro atoms. The van der Waals surface area contributed by atoms with Crippen LogP contribution in [0.15, 0.2) is 0 Å². The summed E-state index contributed by atoms with van der Waals surface area (Å²) >= 11 is 2.94. The number of likely N-dealkylation sites (tertiary alicyclic amines) is 1. The summed E-state index contributed by atoms with van der Waals surface area (Å²) in [5.74, 6) is 2.69. The van der Waals surface area contributed by atoms with Crippen LogP contribution in [0.2, 0.25) is 0 Å². The fourth-order valence-corrected chi connectivity index (χ4v) is 3.29. The first-order valence-electron chi connectivity index (χ1n) is 12.4. The van der Waals surface area contributed by atoms with Gasteiger partial charge in [-0.25, -0.2) is 9.59 Å². The lowest BCUT2D eigenvalue weighted by atomic mass is 9.98. The number of halogens is 1. The summed E-state index contributed by atoms with van der Waals surface area (Å²) < 4.78 is 10.9. The van der Waals surface area contributed by atoms with Gasteiger partial charge in [0, 0.05) is 38.0 Å². The molecule has 2 aliphatic rings. The van der Waals surface area contributed by atoms with Crippen molar-refractivity contribution in [1.82, 2.24) is 10.2 Å². The summed E-state index contributed by atoms with van der Waals surface area (Å²) in [7, 11) is 0. The zero-order valence-electron chi connectivity index (χ0n) is 23.4. The second-order valence-corrected chi connectivity index (χ2v) is 10.8. The number of unbranched alkanes of at least 4 members (excludes halogenated alkanes) is 1. The van der Waals surface area contributed by atoms with Gasteiger partial charge in [0.25, 0.3) is 6.47 Å². The van der Waals surface area contributed by atoms with Crippen molar-refractivity contribution in [2.24, 2.45) is 11.8 Å². The number of quaternary nitrogens is 1. The molecular weight excluding hydrogens is 518 g/mol. The average molecular weight is 570 g/mol. The summed E-state index contributed by atoms with van der Waals surface area (Å²) in [5.41, 5.74) is -0.919. The predicted octanol–water partition coefficient (Wildman–Crippen LogP) is 2.82. The van der Waals surface area contributed by atoms with Gasteiger partial charge in [-0.2, -0.15) is 0 Å². The number of alkyl halides is 1. The van der Waals surface area contributed by atoms with Crippen LogP contribution in [-0.2, 0) is 19.1 Å². The highest BCUT2D eigenvalue weighted by Gasteiger charge is 2.37. The third-order valence-electron chi connectivity index (χ3n) is 4.94. The van der Waals surface area contributed by atoms with Crippen LogP contribution < -0.4 is 10.2 Å². The Bertz CT molecular complexity index is 581. The van der Waals surface area contributed by atoms with Gasteiger partial charge in [-0.05, 0) is 47.4 Å². The van der Waals surface area contributed by atoms with E-state index in [2.05, 4.69) is 35.1 Å². The Hall–Kier alpha value is -1.39. The van der Waals surface area contributed by atoms with E-state index in [0.29, 0.717) is 31.5 Å². The number of carboxylic acid groups (broad SMARTS) is 1. The van der Waals surface area contributed by atoms with Gasteiger partial charge in [-0.15, -0.1) is 0 Å². The molecule has 2 heterocycles. The molecule has 0 aromatic carbocycles. The maximum Gasteiger partial charge on any atom is 0.410 e. The molecular formula is C25H51BrN3O6+. The monoisotopic (exact) mass is 568 g/mol. The molecule has 0 aliphatic carbocycles. The predicted molar refractivity (Wildman–Crippen MR) is 143 cm³/mol. The third-order valence-corrected chi connectivity index (χ3v) is 4.94. The maximum atomic E-state index is 12.2. The number of hydrogen-bond acceptors (Lipinski definition) is 6. The van der Waals surface area contributed by atoms with Gasteiger partial charge in [0.1, 0.15) is 11.2 Å². The van der Waals surface area contributed by atoms with E-state index < -0.39 is 11.2 Å². The minimum Gasteiger partial charge on any atom is -0.483 e. The molecule has 1 amide bonds. The number of rotatable bonds is 7. The first kappa shape index (κ1) is 35.8. The Morgan fingerprint density at radius 2 is 1.40 bits per heavy atom. The molecule has 2 fully saturated rings. The van der Waals surface area contributed by atoms with Crippen molar-refractivity contribution >= 4 is 34.5 Å². The second kappa shape index (κ2) is 18.8. The topological polar surface area (TPSA) is 110 Å². The number of carbonyl (C=O) groups is 3. The number of hydrogen-bond donors (Lipinski definition) is 3. The Kier molecular flexibility index (Phi) is 19.2. The molecule has 2 aliphatic heterocycles. The quantitative estimate of drug-likeness (QED) is 0.246. The SMILES string of the molecule is CBr.CC(C)(C)OC(=O)C[NH+](CC1CNC1)CC1CN(C(=O)OC(C)(C)C)C1.CCCC.O=CO. The normalized spacial score (nSPS) is 16.3. The van der Waals surface area contributed by atoms with Crippen molar-refractivity contribution < 1.29 is 33.9 Å². The van der Waals surface area contributed by atoms with Crippen molar-refractivity contribution in [3.63, 3.8) is 0 Å². The van der Waals surface area contributed by atoms with Crippen LogP contribution in [0.25, 0.3) is 0 Å². The summed E-state index contributed by atoms with van der Waals surface area (Å²) in [4.78, 5) is 35.6. The van der Waals surface area contributed by atoms with Crippen molar-refractivity contribution in [1.29, 1.82) is 0 Å². The molecule has 2 rings (SSSR count). The molecule has 0 aromatic heterocycles. The first-order chi connectivity index (χ1) is 16.2. The molecule has 0 saturated carbocycles. The first-order valence-corrected chi connectivity index (χ1v) is 14.0. The van der Waals surface area contributed by atoms with Gasteiger partial charge in [0.15, 0.2) is 6.54 Å². The third kappa shape index (κ3) is 19.5. The van der Waals surface area contributed by atoms with Gasteiger partial charge >= 0.3 is 12.1 Å². The zero-order chi connectivity index (χ0) is 27.7. The lowest BCUT2D eigenvalue weighted by molar-refractivity contribution is -0.900. The van der Waals surface area contributed by atoms with E-state index in [1.54, 1.807) is 4.90 Å². The van der Waals surface area contributed by atoms with Crippen LogP contribution in [0.3, 0.4) is 0 Å². The van der Waals surface area contributed by atoms with E-state index in [1.165, 1.54) is 17.7 Å².